The third-order valence-corrected chi connectivity index (χ3v) is 7.77. The molecule has 10 nitrogen and oxygen atoms in total. The Kier molecular flexibility index (Phi) is 6.29. The van der Waals surface area contributed by atoms with Crippen molar-refractivity contribution in [3.8, 4) is 5.75 Å². The highest BCUT2D eigenvalue weighted by atomic mass is 16.3. The number of nitrogens with two attached hydrogens (primary N) is 1. The number of carbonyl (C=O) groups is 3. The van der Waals surface area contributed by atoms with Crippen LogP contribution in [0.5, 0.6) is 5.75 Å². The number of aliphatic hydroxyl groups is 3. The normalized spacial score (nSPS) is 32.5. The summed E-state index contributed by atoms with van der Waals surface area (Å²) in [5, 5.41) is 47.7. The predicted molar refractivity (Wildman–Crippen MR) is 125 cm³/mol. The van der Waals surface area contributed by atoms with Crippen LogP contribution in [-0.4, -0.2) is 80.7 Å². The molecule has 0 saturated heterocycles. The summed E-state index contributed by atoms with van der Waals surface area (Å²) in [7, 11) is 3.26. The number of amides is 1. The molecule has 3 aliphatic carbocycles. The second-order valence-corrected chi connectivity index (χ2v) is 10.4. The standard InChI is InChI=1S/C25H33N3O7/c1-10(2)27-9-11-5-6-15(29)17-13(11)7-12-8-14-19(28(3)4)21(31)18(24(26)34)23(33)25(14,35)22(32)16(12)20(17)30/h5-6,10,12,14,18-19,21,27,29,31-32,35H,7-9H2,1-4H3,(H2,26,34)/t12-,14-,18?,19?,21?,25-/m0/s1. The molecule has 1 amide bonds. The Morgan fingerprint density at radius 1 is 1.26 bits per heavy atom. The highest BCUT2D eigenvalue weighted by Crippen LogP contribution is 2.52. The average molecular weight is 488 g/mol. The van der Waals surface area contributed by atoms with Crippen LogP contribution in [0.4, 0.5) is 0 Å². The Morgan fingerprint density at radius 3 is 2.49 bits per heavy atom. The molecule has 35 heavy (non-hydrogen) atoms. The van der Waals surface area contributed by atoms with Crippen molar-refractivity contribution in [3.63, 3.8) is 0 Å². The summed E-state index contributed by atoms with van der Waals surface area (Å²) in [5.41, 5.74) is 4.19. The first-order chi connectivity index (χ1) is 16.3. The zero-order valence-corrected chi connectivity index (χ0v) is 20.3. The number of Topliss-reactive ketones (excluding diaryl/α,β-unsaturated/α-hetero) is 2. The lowest BCUT2D eigenvalue weighted by molar-refractivity contribution is -0.178. The molecule has 3 aliphatic rings. The van der Waals surface area contributed by atoms with Crippen molar-refractivity contribution in [1.82, 2.24) is 10.2 Å². The Labute approximate surface area is 203 Å². The van der Waals surface area contributed by atoms with Crippen molar-refractivity contribution in [3.05, 3.63) is 40.2 Å². The Hall–Kier alpha value is -2.79. The Balaban J connectivity index is 1.89. The number of fused-ring (bicyclic) bond motifs is 3. The number of hydrogen-bond acceptors (Lipinski definition) is 9. The molecule has 0 aliphatic heterocycles. The van der Waals surface area contributed by atoms with Crippen LogP contribution in [-0.2, 0) is 22.6 Å². The lowest BCUT2D eigenvalue weighted by Gasteiger charge is -2.53. The molecule has 0 bridgehead atoms. The molecule has 3 unspecified atom stereocenters. The third kappa shape index (κ3) is 3.67. The van der Waals surface area contributed by atoms with Crippen molar-refractivity contribution in [2.75, 3.05) is 14.1 Å². The number of likely N-dealkylation sites (N-methyl/N-ethyl adjacent to an activating group) is 1. The number of nitrogens with zero attached hydrogens (tertiary/aromatic N) is 1. The molecule has 10 heteroatoms. The molecule has 0 spiro atoms. The van der Waals surface area contributed by atoms with Crippen LogP contribution in [0.25, 0.3) is 0 Å². The van der Waals surface area contributed by atoms with Crippen molar-refractivity contribution in [1.29, 1.82) is 0 Å². The van der Waals surface area contributed by atoms with E-state index in [2.05, 4.69) is 5.32 Å². The largest absolute Gasteiger partial charge is 0.508 e. The van der Waals surface area contributed by atoms with Gasteiger partial charge in [-0.05, 0) is 50.0 Å². The number of phenolic OH excluding ortho intramolecular Hbond substituents is 1. The van der Waals surface area contributed by atoms with E-state index in [-0.39, 0.29) is 29.3 Å². The molecular formula is C25H33N3O7. The summed E-state index contributed by atoms with van der Waals surface area (Å²) in [6.45, 7) is 4.45. The van der Waals surface area contributed by atoms with E-state index >= 15 is 0 Å². The maximum absolute atomic E-state index is 13.6. The number of rotatable bonds is 5. The first-order valence-corrected chi connectivity index (χ1v) is 11.8. The van der Waals surface area contributed by atoms with Gasteiger partial charge < -0.3 is 36.4 Å². The van der Waals surface area contributed by atoms with Gasteiger partial charge in [0, 0.05) is 30.1 Å². The van der Waals surface area contributed by atoms with Gasteiger partial charge in [-0.25, -0.2) is 0 Å². The fraction of sp³-hybridized carbons (Fsp3) is 0.560. The van der Waals surface area contributed by atoms with E-state index in [9.17, 15) is 34.8 Å². The minimum absolute atomic E-state index is 0.0341. The van der Waals surface area contributed by atoms with Crippen LogP contribution in [0, 0.1) is 17.8 Å². The van der Waals surface area contributed by atoms with Crippen LogP contribution in [0.15, 0.2) is 23.5 Å². The van der Waals surface area contributed by atoms with Crippen molar-refractivity contribution >= 4 is 17.5 Å². The number of aromatic hydroxyl groups is 1. The smallest absolute Gasteiger partial charge is 0.230 e. The van der Waals surface area contributed by atoms with Gasteiger partial charge in [0.2, 0.25) is 5.91 Å². The van der Waals surface area contributed by atoms with Crippen molar-refractivity contribution in [2.24, 2.45) is 23.5 Å². The van der Waals surface area contributed by atoms with Crippen molar-refractivity contribution < 1.29 is 34.8 Å². The molecular weight excluding hydrogens is 454 g/mol. The van der Waals surface area contributed by atoms with Gasteiger partial charge in [0.05, 0.1) is 11.7 Å². The van der Waals surface area contributed by atoms with Gasteiger partial charge >= 0.3 is 0 Å². The molecule has 0 radical (unpaired) electrons. The minimum Gasteiger partial charge on any atom is -0.508 e. The molecule has 4 rings (SSSR count). The lowest BCUT2D eigenvalue weighted by Crippen LogP contribution is -2.71. The fourth-order valence-corrected chi connectivity index (χ4v) is 6.15. The number of carbonyl (C=O) groups excluding carboxylic acids is 3. The van der Waals surface area contributed by atoms with Crippen LogP contribution in [0.3, 0.4) is 0 Å². The van der Waals surface area contributed by atoms with Gasteiger partial charge in [0.25, 0.3) is 0 Å². The molecule has 1 saturated carbocycles. The van der Waals surface area contributed by atoms with Crippen molar-refractivity contribution in [2.45, 2.75) is 57.0 Å². The fourth-order valence-electron chi connectivity index (χ4n) is 6.15. The van der Waals surface area contributed by atoms with Crippen LogP contribution in [0.2, 0.25) is 0 Å². The maximum Gasteiger partial charge on any atom is 0.230 e. The zero-order chi connectivity index (χ0) is 26.0. The first kappa shape index (κ1) is 25.3. The number of hydrogen-bond donors (Lipinski definition) is 6. The zero-order valence-electron chi connectivity index (χ0n) is 20.3. The Bertz CT molecular complexity index is 1130. The monoisotopic (exact) mass is 487 g/mol. The van der Waals surface area contributed by atoms with E-state index in [0.717, 1.165) is 5.56 Å². The molecule has 1 aromatic rings. The van der Waals surface area contributed by atoms with Gasteiger partial charge in [0.1, 0.15) is 17.4 Å². The van der Waals surface area contributed by atoms with Gasteiger partial charge in [-0.3, -0.25) is 14.4 Å². The summed E-state index contributed by atoms with van der Waals surface area (Å²) in [5.74, 6) is -7.30. The molecule has 190 valence electrons. The quantitative estimate of drug-likeness (QED) is 0.307. The second kappa shape index (κ2) is 8.70. The van der Waals surface area contributed by atoms with Gasteiger partial charge in [-0.2, -0.15) is 0 Å². The Morgan fingerprint density at radius 2 is 1.91 bits per heavy atom. The van der Waals surface area contributed by atoms with E-state index in [1.165, 1.54) is 6.07 Å². The summed E-state index contributed by atoms with van der Waals surface area (Å²) in [4.78, 5) is 40.6. The summed E-state index contributed by atoms with van der Waals surface area (Å²) in [6.07, 6.45) is -1.10. The first-order valence-electron chi connectivity index (χ1n) is 11.8. The molecule has 0 heterocycles. The molecule has 1 aromatic carbocycles. The molecule has 6 atom stereocenters. The summed E-state index contributed by atoms with van der Waals surface area (Å²) < 4.78 is 0. The number of ketones is 2. The number of phenols is 1. The van der Waals surface area contributed by atoms with E-state index in [1.807, 2.05) is 13.8 Å². The predicted octanol–water partition coefficient (Wildman–Crippen LogP) is -0.216. The van der Waals surface area contributed by atoms with Gasteiger partial charge in [-0.1, -0.05) is 19.9 Å². The summed E-state index contributed by atoms with van der Waals surface area (Å²) in [6, 6.07) is 2.47. The van der Waals surface area contributed by atoms with Crippen LogP contribution < -0.4 is 11.1 Å². The maximum atomic E-state index is 13.6. The average Bonchev–Trinajstić information content (AvgIpc) is 2.75. The van der Waals surface area contributed by atoms with E-state index in [4.69, 9.17) is 5.73 Å². The van der Waals surface area contributed by atoms with Crippen LogP contribution >= 0.6 is 0 Å². The summed E-state index contributed by atoms with van der Waals surface area (Å²) >= 11 is 0. The lowest BCUT2D eigenvalue weighted by atomic mass is 9.56. The van der Waals surface area contributed by atoms with Gasteiger partial charge in [-0.15, -0.1) is 0 Å². The molecule has 1 fully saturated rings. The van der Waals surface area contributed by atoms with E-state index < -0.39 is 58.7 Å². The number of primary amides is 1. The van der Waals surface area contributed by atoms with Gasteiger partial charge in [0.15, 0.2) is 17.2 Å². The topological polar surface area (TPSA) is 173 Å². The number of benzene rings is 1. The molecule has 7 N–H and O–H groups in total. The highest BCUT2D eigenvalue weighted by molar-refractivity contribution is 6.15. The van der Waals surface area contributed by atoms with Crippen LogP contribution in [0.1, 0.15) is 41.8 Å². The molecule has 0 aromatic heterocycles. The number of aliphatic hydroxyl groups excluding tert-OH is 2. The number of nitrogens with one attached hydrogen (secondary N) is 1. The highest BCUT2D eigenvalue weighted by Gasteiger charge is 2.66. The SMILES string of the molecule is CC(C)NCc1ccc(O)c2c1C[C@H]1C[C@H]3C(N(C)C)C(O)C(C(N)=O)C(=O)[C@@]3(O)C(O)=C1C2=O. The van der Waals surface area contributed by atoms with E-state index in [1.54, 1.807) is 25.1 Å². The minimum atomic E-state index is -2.57. The second-order valence-electron chi connectivity index (χ2n) is 10.4. The van der Waals surface area contributed by atoms with E-state index in [0.29, 0.717) is 18.5 Å². The third-order valence-electron chi connectivity index (χ3n) is 7.77. The number of allylic oxidation sites excluding steroid dienone is 1.